The van der Waals surface area contributed by atoms with Crippen molar-refractivity contribution in [1.29, 1.82) is 0 Å². The van der Waals surface area contributed by atoms with Crippen molar-refractivity contribution in [2.45, 2.75) is 13.8 Å². The summed E-state index contributed by atoms with van der Waals surface area (Å²) in [6.07, 6.45) is 6.01. The van der Waals surface area contributed by atoms with E-state index in [-0.39, 0.29) is 0 Å². The van der Waals surface area contributed by atoms with Gasteiger partial charge in [0.1, 0.15) is 5.82 Å². The molecule has 0 saturated heterocycles. The molecule has 1 N–H and O–H groups in total. The van der Waals surface area contributed by atoms with Gasteiger partial charge in [-0.15, -0.1) is 0 Å². The SMILES string of the molecule is Cc1cc2c[n+](O)c(-c3cncc(F)c3C)cc2cn1. The summed E-state index contributed by atoms with van der Waals surface area (Å²) < 4.78 is 14.6. The minimum absolute atomic E-state index is 0.398. The first kappa shape index (κ1) is 12.5. The van der Waals surface area contributed by atoms with Gasteiger partial charge in [0, 0.05) is 39.8 Å². The van der Waals surface area contributed by atoms with Crippen LogP contribution in [0.1, 0.15) is 11.3 Å². The Morgan fingerprint density at radius 2 is 1.90 bits per heavy atom. The molecule has 0 radical (unpaired) electrons. The van der Waals surface area contributed by atoms with Crippen LogP contribution in [0.3, 0.4) is 0 Å². The van der Waals surface area contributed by atoms with E-state index in [4.69, 9.17) is 0 Å². The van der Waals surface area contributed by atoms with E-state index in [9.17, 15) is 9.60 Å². The molecule has 0 amide bonds. The lowest BCUT2D eigenvalue weighted by Crippen LogP contribution is -2.32. The fraction of sp³-hybridized carbons (Fsp3) is 0.133. The molecule has 5 heteroatoms. The number of halogens is 1. The van der Waals surface area contributed by atoms with Gasteiger partial charge in [-0.1, -0.05) is 0 Å². The maximum Gasteiger partial charge on any atom is 0.267 e. The normalized spacial score (nSPS) is 10.9. The van der Waals surface area contributed by atoms with E-state index in [2.05, 4.69) is 9.97 Å². The standard InChI is InChI=1S/C15H13FN3O/c1-9-3-12-8-19(20)15(4-11(12)5-18-9)13-6-17-7-14(16)10(13)2/h3-8,20H,1-2H3/q+1. The maximum absolute atomic E-state index is 13.6. The topological polar surface area (TPSA) is 49.9 Å². The number of nitrogens with zero attached hydrogens (tertiary/aromatic N) is 3. The molecule has 3 aromatic rings. The highest BCUT2D eigenvalue weighted by Crippen LogP contribution is 2.24. The minimum atomic E-state index is -0.398. The molecule has 3 heterocycles. The zero-order valence-electron chi connectivity index (χ0n) is 11.1. The molecule has 0 bridgehead atoms. The van der Waals surface area contributed by atoms with Crippen molar-refractivity contribution in [3.8, 4) is 11.3 Å². The Kier molecular flexibility index (Phi) is 2.82. The molecule has 0 aliphatic rings. The van der Waals surface area contributed by atoms with Crippen LogP contribution in [0.4, 0.5) is 4.39 Å². The first-order valence-corrected chi connectivity index (χ1v) is 6.18. The van der Waals surface area contributed by atoms with Crippen molar-refractivity contribution in [2.75, 3.05) is 0 Å². The molecule has 4 nitrogen and oxygen atoms in total. The molecule has 0 atom stereocenters. The first-order valence-electron chi connectivity index (χ1n) is 6.18. The molecule has 0 aromatic carbocycles. The summed E-state index contributed by atoms with van der Waals surface area (Å²) in [4.78, 5) is 8.07. The third kappa shape index (κ3) is 1.97. The van der Waals surface area contributed by atoms with Crippen LogP contribution in [-0.2, 0) is 0 Å². The molecule has 0 aliphatic heterocycles. The van der Waals surface area contributed by atoms with Gasteiger partial charge in [0.05, 0.1) is 17.1 Å². The van der Waals surface area contributed by atoms with E-state index in [1.807, 2.05) is 13.0 Å². The molecule has 20 heavy (non-hydrogen) atoms. The van der Waals surface area contributed by atoms with Crippen LogP contribution >= 0.6 is 0 Å². The number of hydrogen-bond acceptors (Lipinski definition) is 3. The summed E-state index contributed by atoms with van der Waals surface area (Å²) in [6, 6.07) is 3.65. The number of hydrogen-bond donors (Lipinski definition) is 1. The molecule has 3 aromatic heterocycles. The van der Waals surface area contributed by atoms with Crippen LogP contribution in [0.2, 0.25) is 0 Å². The lowest BCUT2D eigenvalue weighted by Gasteiger charge is -2.04. The van der Waals surface area contributed by atoms with Gasteiger partial charge >= 0.3 is 0 Å². The van der Waals surface area contributed by atoms with Crippen molar-refractivity contribution in [2.24, 2.45) is 0 Å². The summed E-state index contributed by atoms with van der Waals surface area (Å²) in [7, 11) is 0. The van der Waals surface area contributed by atoms with E-state index in [0.717, 1.165) is 27.4 Å². The average molecular weight is 270 g/mol. The van der Waals surface area contributed by atoms with E-state index in [0.29, 0.717) is 16.8 Å². The second-order valence-electron chi connectivity index (χ2n) is 4.75. The van der Waals surface area contributed by atoms with Crippen LogP contribution in [0.5, 0.6) is 0 Å². The summed E-state index contributed by atoms with van der Waals surface area (Å²) >= 11 is 0. The Labute approximate surface area is 115 Å². The van der Waals surface area contributed by atoms with Gasteiger partial charge in [-0.3, -0.25) is 15.2 Å². The van der Waals surface area contributed by atoms with Gasteiger partial charge in [-0.05, 0) is 19.9 Å². The van der Waals surface area contributed by atoms with Gasteiger partial charge in [0.15, 0.2) is 0 Å². The molecule has 3 rings (SSSR count). The predicted octanol–water partition coefficient (Wildman–Crippen LogP) is 2.58. The van der Waals surface area contributed by atoms with E-state index >= 15 is 0 Å². The predicted molar refractivity (Wildman–Crippen MR) is 71.8 cm³/mol. The third-order valence-electron chi connectivity index (χ3n) is 3.34. The molecule has 0 unspecified atom stereocenters. The lowest BCUT2D eigenvalue weighted by atomic mass is 10.1. The smallest absolute Gasteiger partial charge is 0.267 e. The van der Waals surface area contributed by atoms with Crippen molar-refractivity contribution in [3.63, 3.8) is 0 Å². The van der Waals surface area contributed by atoms with Crippen molar-refractivity contribution in [3.05, 3.63) is 54.0 Å². The minimum Gasteiger partial charge on any atom is -0.285 e. The average Bonchev–Trinajstić information content (AvgIpc) is 2.41. The van der Waals surface area contributed by atoms with Crippen LogP contribution in [0, 0.1) is 19.7 Å². The van der Waals surface area contributed by atoms with Gasteiger partial charge < -0.3 is 0 Å². The largest absolute Gasteiger partial charge is 0.285 e. The highest BCUT2D eigenvalue weighted by molar-refractivity contribution is 5.83. The van der Waals surface area contributed by atoms with Crippen LogP contribution < -0.4 is 4.73 Å². The fourth-order valence-corrected chi connectivity index (χ4v) is 2.20. The number of pyridine rings is 3. The lowest BCUT2D eigenvalue weighted by molar-refractivity contribution is -0.895. The Hall–Kier alpha value is -2.56. The van der Waals surface area contributed by atoms with Crippen molar-refractivity contribution < 1.29 is 14.3 Å². The summed E-state index contributed by atoms with van der Waals surface area (Å²) in [6.45, 7) is 3.54. The quantitative estimate of drug-likeness (QED) is 0.546. The molecule has 0 saturated carbocycles. The summed E-state index contributed by atoms with van der Waals surface area (Å²) in [5.41, 5.74) is 2.35. The molecule has 0 spiro atoms. The van der Waals surface area contributed by atoms with Crippen molar-refractivity contribution >= 4 is 10.8 Å². The van der Waals surface area contributed by atoms with Gasteiger partial charge in [-0.25, -0.2) is 4.39 Å². The second kappa shape index (κ2) is 4.52. The van der Waals surface area contributed by atoms with E-state index in [1.54, 1.807) is 25.4 Å². The Morgan fingerprint density at radius 3 is 2.70 bits per heavy atom. The summed E-state index contributed by atoms with van der Waals surface area (Å²) in [5.74, 6) is -0.398. The monoisotopic (exact) mass is 270 g/mol. The van der Waals surface area contributed by atoms with Crippen molar-refractivity contribution in [1.82, 2.24) is 9.97 Å². The number of fused-ring (bicyclic) bond motifs is 1. The zero-order chi connectivity index (χ0) is 14.3. The van der Waals surface area contributed by atoms with Crippen LogP contribution in [0.15, 0.2) is 36.9 Å². The highest BCUT2D eigenvalue weighted by Gasteiger charge is 2.19. The van der Waals surface area contributed by atoms with Gasteiger partial charge in [0.25, 0.3) is 5.69 Å². The van der Waals surface area contributed by atoms with E-state index < -0.39 is 5.82 Å². The molecular formula is C15H13FN3O+. The number of rotatable bonds is 1. The van der Waals surface area contributed by atoms with Gasteiger partial charge in [0.2, 0.25) is 6.20 Å². The highest BCUT2D eigenvalue weighted by atomic mass is 19.1. The van der Waals surface area contributed by atoms with Gasteiger partial charge in [-0.2, -0.15) is 0 Å². The fourth-order valence-electron chi connectivity index (χ4n) is 2.20. The number of aryl methyl sites for hydroxylation is 1. The second-order valence-corrected chi connectivity index (χ2v) is 4.75. The molecule has 0 aliphatic carbocycles. The number of aromatic nitrogens is 3. The van der Waals surface area contributed by atoms with Crippen LogP contribution in [-0.4, -0.2) is 15.2 Å². The first-order chi connectivity index (χ1) is 9.56. The van der Waals surface area contributed by atoms with E-state index in [1.165, 1.54) is 6.20 Å². The maximum atomic E-state index is 13.6. The zero-order valence-corrected chi connectivity index (χ0v) is 11.1. The van der Waals surface area contributed by atoms with Crippen LogP contribution in [0.25, 0.3) is 22.0 Å². The Balaban J connectivity index is 2.29. The Morgan fingerprint density at radius 1 is 1.10 bits per heavy atom. The summed E-state index contributed by atoms with van der Waals surface area (Å²) in [5, 5.41) is 11.9. The molecular weight excluding hydrogens is 257 g/mol. The molecule has 0 fully saturated rings. The third-order valence-corrected chi connectivity index (χ3v) is 3.34. The molecule has 100 valence electrons. The Bertz CT molecular complexity index is 818.